The van der Waals surface area contributed by atoms with E-state index in [4.69, 9.17) is 23.7 Å². The summed E-state index contributed by atoms with van der Waals surface area (Å²) in [5.74, 6) is 1.33. The molecule has 2 aromatic rings. The number of hydrogen-bond donors (Lipinski definition) is 1. The van der Waals surface area contributed by atoms with Gasteiger partial charge in [0.1, 0.15) is 30.5 Å². The normalized spacial score (nSPS) is 13.2. The molecular formula is C22H30O6. The molecule has 0 aliphatic heterocycles. The fraction of sp³-hybridized carbons (Fsp3) is 0.455. The Kier molecular flexibility index (Phi) is 8.73. The molecule has 2 rings (SSSR count). The Balaban J connectivity index is 2.24. The van der Waals surface area contributed by atoms with Crippen LogP contribution in [0.25, 0.3) is 0 Å². The lowest BCUT2D eigenvalue weighted by atomic mass is 9.94. The Labute approximate surface area is 166 Å². The molecule has 1 N–H and O–H groups in total. The summed E-state index contributed by atoms with van der Waals surface area (Å²) in [6, 6.07) is 13.7. The van der Waals surface area contributed by atoms with Crippen molar-refractivity contribution in [1.29, 1.82) is 0 Å². The first-order valence-corrected chi connectivity index (χ1v) is 9.21. The number of ether oxygens (including phenoxy) is 5. The van der Waals surface area contributed by atoms with E-state index in [2.05, 4.69) is 0 Å². The zero-order valence-corrected chi connectivity index (χ0v) is 17.1. The molecule has 6 nitrogen and oxygen atoms in total. The van der Waals surface area contributed by atoms with Crippen molar-refractivity contribution in [2.24, 2.45) is 0 Å². The molecule has 0 heterocycles. The molecule has 0 unspecified atom stereocenters. The number of aliphatic hydroxyl groups excluding tert-OH is 1. The first-order valence-electron chi connectivity index (χ1n) is 9.21. The van der Waals surface area contributed by atoms with Crippen molar-refractivity contribution in [3.05, 3.63) is 59.2 Å². The third-order valence-corrected chi connectivity index (χ3v) is 4.50. The van der Waals surface area contributed by atoms with E-state index < -0.39 is 5.60 Å². The number of benzene rings is 2. The highest BCUT2D eigenvalue weighted by molar-refractivity contribution is 5.48. The van der Waals surface area contributed by atoms with Crippen LogP contribution < -0.4 is 9.47 Å². The Bertz CT molecular complexity index is 718. The van der Waals surface area contributed by atoms with Crippen molar-refractivity contribution in [1.82, 2.24) is 0 Å². The van der Waals surface area contributed by atoms with Crippen molar-refractivity contribution in [2.45, 2.75) is 26.1 Å². The maximum Gasteiger partial charge on any atom is 0.148 e. The van der Waals surface area contributed by atoms with E-state index in [9.17, 15) is 5.11 Å². The smallest absolute Gasteiger partial charge is 0.148 e. The molecule has 1 atom stereocenters. The number of rotatable bonds is 12. The van der Waals surface area contributed by atoms with Crippen LogP contribution in [0.1, 0.15) is 23.6 Å². The molecule has 0 aliphatic rings. The topological polar surface area (TPSA) is 66.4 Å². The Morgan fingerprint density at radius 3 is 2.39 bits per heavy atom. The standard InChI is InChI=1S/C22H30O6/c1-17-12-21(27-14-18-8-6-5-7-9-18)19(13-20(17)25-4)22(2,15-23)28-16-26-11-10-24-3/h5-9,12-13,23H,10-11,14-16H2,1-4H3/t22-/m1/s1. The second kappa shape index (κ2) is 11.0. The van der Waals surface area contributed by atoms with Crippen LogP contribution in [0.15, 0.2) is 42.5 Å². The van der Waals surface area contributed by atoms with Gasteiger partial charge in [-0.25, -0.2) is 0 Å². The van der Waals surface area contributed by atoms with Crippen LogP contribution in [-0.4, -0.2) is 45.9 Å². The average Bonchev–Trinajstić information content (AvgIpc) is 2.72. The minimum atomic E-state index is -1.01. The van der Waals surface area contributed by atoms with Gasteiger partial charge in [0.2, 0.25) is 0 Å². The van der Waals surface area contributed by atoms with E-state index in [1.165, 1.54) is 0 Å². The molecule has 154 valence electrons. The van der Waals surface area contributed by atoms with E-state index in [1.54, 1.807) is 21.1 Å². The van der Waals surface area contributed by atoms with Gasteiger partial charge in [-0.05, 0) is 37.1 Å². The first-order chi connectivity index (χ1) is 13.5. The van der Waals surface area contributed by atoms with E-state index in [-0.39, 0.29) is 13.4 Å². The van der Waals surface area contributed by atoms with Crippen molar-refractivity contribution in [3.63, 3.8) is 0 Å². The number of aryl methyl sites for hydroxylation is 1. The van der Waals surface area contributed by atoms with Crippen molar-refractivity contribution < 1.29 is 28.8 Å². The van der Waals surface area contributed by atoms with E-state index in [0.717, 1.165) is 11.1 Å². The zero-order valence-electron chi connectivity index (χ0n) is 17.1. The maximum atomic E-state index is 10.1. The van der Waals surface area contributed by atoms with Crippen molar-refractivity contribution in [2.75, 3.05) is 40.8 Å². The van der Waals surface area contributed by atoms with Crippen LogP contribution in [0, 0.1) is 6.92 Å². The van der Waals surface area contributed by atoms with Crippen LogP contribution >= 0.6 is 0 Å². The number of hydrogen-bond acceptors (Lipinski definition) is 6. The molecular weight excluding hydrogens is 360 g/mol. The Morgan fingerprint density at radius 2 is 1.75 bits per heavy atom. The lowest BCUT2D eigenvalue weighted by Crippen LogP contribution is -2.32. The molecule has 0 spiro atoms. The molecule has 0 aliphatic carbocycles. The summed E-state index contributed by atoms with van der Waals surface area (Å²) >= 11 is 0. The Hall–Kier alpha value is -2.12. The Morgan fingerprint density at radius 1 is 1.00 bits per heavy atom. The predicted molar refractivity (Wildman–Crippen MR) is 107 cm³/mol. The van der Waals surface area contributed by atoms with Crippen LogP contribution in [0.5, 0.6) is 11.5 Å². The molecule has 0 radical (unpaired) electrons. The maximum absolute atomic E-state index is 10.1. The molecule has 0 fully saturated rings. The number of methoxy groups -OCH3 is 2. The van der Waals surface area contributed by atoms with Crippen molar-refractivity contribution >= 4 is 0 Å². The first kappa shape index (κ1) is 22.2. The minimum absolute atomic E-state index is 0.0226. The van der Waals surface area contributed by atoms with Gasteiger partial charge in [-0.1, -0.05) is 30.3 Å². The summed E-state index contributed by atoms with van der Waals surface area (Å²) < 4.78 is 27.8. The van der Waals surface area contributed by atoms with Gasteiger partial charge in [0, 0.05) is 12.7 Å². The monoisotopic (exact) mass is 390 g/mol. The van der Waals surface area contributed by atoms with Gasteiger partial charge in [-0.3, -0.25) is 0 Å². The highest BCUT2D eigenvalue weighted by atomic mass is 16.7. The van der Waals surface area contributed by atoms with Crippen LogP contribution in [0.3, 0.4) is 0 Å². The van der Waals surface area contributed by atoms with Crippen LogP contribution in [0.2, 0.25) is 0 Å². The van der Waals surface area contributed by atoms with Gasteiger partial charge in [-0.15, -0.1) is 0 Å². The van der Waals surface area contributed by atoms with E-state index >= 15 is 0 Å². The van der Waals surface area contributed by atoms with Crippen LogP contribution in [-0.2, 0) is 26.4 Å². The molecule has 2 aromatic carbocycles. The molecule has 0 bridgehead atoms. The average molecular weight is 390 g/mol. The predicted octanol–water partition coefficient (Wildman–Crippen LogP) is 3.43. The summed E-state index contributed by atoms with van der Waals surface area (Å²) in [4.78, 5) is 0. The number of aliphatic hydroxyl groups is 1. The van der Waals surface area contributed by atoms with Crippen molar-refractivity contribution in [3.8, 4) is 11.5 Å². The van der Waals surface area contributed by atoms with Gasteiger partial charge in [-0.2, -0.15) is 0 Å². The lowest BCUT2D eigenvalue weighted by Gasteiger charge is -2.30. The summed E-state index contributed by atoms with van der Waals surface area (Å²) in [5.41, 5.74) is 1.67. The second-order valence-electron chi connectivity index (χ2n) is 6.64. The summed E-state index contributed by atoms with van der Waals surface area (Å²) in [5, 5.41) is 10.1. The third kappa shape index (κ3) is 5.94. The van der Waals surface area contributed by atoms with Gasteiger partial charge in [0.05, 0.1) is 26.9 Å². The third-order valence-electron chi connectivity index (χ3n) is 4.50. The van der Waals surface area contributed by atoms with Gasteiger partial charge < -0.3 is 28.8 Å². The SMILES string of the molecule is COCCOCO[C@](C)(CO)c1cc(OC)c(C)cc1OCc1ccccc1. The molecule has 6 heteroatoms. The second-order valence-corrected chi connectivity index (χ2v) is 6.64. The largest absolute Gasteiger partial charge is 0.496 e. The molecule has 0 aromatic heterocycles. The summed E-state index contributed by atoms with van der Waals surface area (Å²) in [6.45, 7) is 4.82. The summed E-state index contributed by atoms with van der Waals surface area (Å²) in [6.07, 6.45) is 0. The van der Waals surface area contributed by atoms with Crippen LogP contribution in [0.4, 0.5) is 0 Å². The fourth-order valence-electron chi connectivity index (χ4n) is 2.73. The minimum Gasteiger partial charge on any atom is -0.496 e. The zero-order chi connectivity index (χ0) is 20.4. The molecule has 0 saturated heterocycles. The van der Waals surface area contributed by atoms with Gasteiger partial charge in [0.25, 0.3) is 0 Å². The fourth-order valence-corrected chi connectivity index (χ4v) is 2.73. The molecule has 0 saturated carbocycles. The highest BCUT2D eigenvalue weighted by Gasteiger charge is 2.32. The van der Waals surface area contributed by atoms with Gasteiger partial charge in [0.15, 0.2) is 0 Å². The van der Waals surface area contributed by atoms with Gasteiger partial charge >= 0.3 is 0 Å². The highest BCUT2D eigenvalue weighted by Crippen LogP contribution is 2.38. The van der Waals surface area contributed by atoms with E-state index in [1.807, 2.05) is 49.4 Å². The quantitative estimate of drug-likeness (QED) is 0.442. The molecule has 28 heavy (non-hydrogen) atoms. The summed E-state index contributed by atoms with van der Waals surface area (Å²) in [7, 11) is 3.22. The lowest BCUT2D eigenvalue weighted by molar-refractivity contribution is -0.160. The van der Waals surface area contributed by atoms with E-state index in [0.29, 0.717) is 36.9 Å². The molecule has 0 amide bonds.